The van der Waals surface area contributed by atoms with Gasteiger partial charge < -0.3 is 16.4 Å². The molecule has 33 valence electrons. The molecule has 0 unspecified atom stereocenters. The molecule has 0 bridgehead atoms. The Hall–Kier alpha value is 1.87. The third-order valence-corrected chi connectivity index (χ3v) is 0. The van der Waals surface area contributed by atoms with Gasteiger partial charge in [-0.25, -0.2) is 0 Å². The molecule has 0 saturated carbocycles. The SMILES string of the molecule is [O-2].[O-2].[O-2].[Ti].[V].[W+6]. The average Bonchev–Trinajstić information content (AvgIpc) is 0. The summed E-state index contributed by atoms with van der Waals surface area (Å²) in [6.45, 7) is 0. The Kier molecular flexibility index (Phi) is 1200. The van der Waals surface area contributed by atoms with Crippen molar-refractivity contribution in [1.29, 1.82) is 0 Å². The van der Waals surface area contributed by atoms with Crippen LogP contribution in [0.25, 0.3) is 0 Å². The fourth-order valence-corrected chi connectivity index (χ4v) is 0. The molecule has 0 N–H and O–H groups in total. The van der Waals surface area contributed by atoms with Gasteiger partial charge in [-0.1, -0.05) is 0 Å². The van der Waals surface area contributed by atoms with Gasteiger partial charge in [-0.2, -0.15) is 0 Å². The second kappa shape index (κ2) is 67.8. The quantitative estimate of drug-likeness (QED) is 0.543. The van der Waals surface area contributed by atoms with Gasteiger partial charge in [-0.3, -0.25) is 0 Å². The summed E-state index contributed by atoms with van der Waals surface area (Å²) in [4.78, 5) is 0. The van der Waals surface area contributed by atoms with E-state index in [-0.39, 0.29) is 77.8 Å². The van der Waals surface area contributed by atoms with Gasteiger partial charge in [0.15, 0.2) is 0 Å². The fourth-order valence-electron chi connectivity index (χ4n) is 0. The van der Waals surface area contributed by atoms with Gasteiger partial charge in [-0.15, -0.1) is 0 Å². The predicted molar refractivity (Wildman–Crippen MR) is 2.06 cm³/mol. The standard InChI is InChI=1S/3O.Ti.V.W/q3*-2;;;+6. The topological polar surface area (TPSA) is 85.5 Å². The Morgan fingerprint density at radius 2 is 0.667 bits per heavy atom. The van der Waals surface area contributed by atoms with Crippen LogP contribution in [0.4, 0.5) is 0 Å². The molecule has 0 aliphatic heterocycles. The first-order valence-corrected chi connectivity index (χ1v) is 0. The van der Waals surface area contributed by atoms with E-state index in [1.54, 1.807) is 0 Å². The maximum Gasteiger partial charge on any atom is 6.00 e. The third kappa shape index (κ3) is 39.9. The van der Waals surface area contributed by atoms with Gasteiger partial charge in [0, 0.05) is 40.3 Å². The molecule has 0 amide bonds. The van der Waals surface area contributed by atoms with Crippen LogP contribution in [0.3, 0.4) is 0 Å². The molecule has 1 radical (unpaired) electrons. The van der Waals surface area contributed by atoms with Crippen LogP contribution in [0.15, 0.2) is 0 Å². The van der Waals surface area contributed by atoms with E-state index in [1.165, 1.54) is 0 Å². The number of rotatable bonds is 0. The maximum atomic E-state index is 0. The van der Waals surface area contributed by atoms with Crippen molar-refractivity contribution in [3.05, 3.63) is 0 Å². The first kappa shape index (κ1) is 106. The van der Waals surface area contributed by atoms with Gasteiger partial charge >= 0.3 is 21.1 Å². The van der Waals surface area contributed by atoms with E-state index in [0.29, 0.717) is 0 Å². The molecule has 0 aliphatic carbocycles. The Balaban J connectivity index is 0. The molecule has 0 aliphatic rings. The Morgan fingerprint density at radius 1 is 0.667 bits per heavy atom. The minimum atomic E-state index is 0. The molecule has 0 aromatic heterocycles. The van der Waals surface area contributed by atoms with Crippen LogP contribution in [-0.4, -0.2) is 0 Å². The molecule has 3 nitrogen and oxygen atoms in total. The average molecular weight is 331 g/mol. The van der Waals surface area contributed by atoms with E-state index in [0.717, 1.165) is 0 Å². The zero-order chi connectivity index (χ0) is 0. The molecule has 0 heterocycles. The van der Waals surface area contributed by atoms with Crippen LogP contribution < -0.4 is 0 Å². The van der Waals surface area contributed by atoms with Crippen molar-refractivity contribution >= 4 is 0 Å². The monoisotopic (exact) mass is 331 g/mol. The van der Waals surface area contributed by atoms with E-state index in [2.05, 4.69) is 0 Å². The smallest absolute Gasteiger partial charge is 2.00 e. The van der Waals surface area contributed by atoms with Gasteiger partial charge in [0.05, 0.1) is 0 Å². The summed E-state index contributed by atoms with van der Waals surface area (Å²) in [5.74, 6) is 0. The van der Waals surface area contributed by atoms with Crippen molar-refractivity contribution in [2.24, 2.45) is 0 Å². The summed E-state index contributed by atoms with van der Waals surface area (Å²) < 4.78 is 0. The predicted octanol–water partition coefficient (Wildman–Crippen LogP) is -0.364. The molecular weight excluding hydrogens is 331 g/mol. The largest absolute Gasteiger partial charge is 6.00 e. The van der Waals surface area contributed by atoms with E-state index >= 15 is 0 Å². The second-order valence-electron chi connectivity index (χ2n) is 0. The van der Waals surface area contributed by atoms with Crippen LogP contribution >= 0.6 is 0 Å². The molecule has 0 aromatic carbocycles. The zero-order valence-corrected chi connectivity index (χ0v) is 8.47. The minimum absolute atomic E-state index is 0. The third-order valence-electron chi connectivity index (χ3n) is 0. The number of hydrogen-bond donors (Lipinski definition) is 0. The van der Waals surface area contributed by atoms with E-state index < -0.39 is 0 Å². The fraction of sp³-hybridized carbons (Fsp3) is 0. The van der Waals surface area contributed by atoms with Crippen LogP contribution in [0.1, 0.15) is 0 Å². The zero-order valence-electron chi connectivity index (χ0n) is 2.58. The Bertz CT molecular complexity index is 10.8. The van der Waals surface area contributed by atoms with Gasteiger partial charge in [-0.05, 0) is 0 Å². The van der Waals surface area contributed by atoms with Gasteiger partial charge in [0.1, 0.15) is 0 Å². The molecule has 6 heavy (non-hydrogen) atoms. The van der Waals surface area contributed by atoms with Crippen molar-refractivity contribution in [2.75, 3.05) is 0 Å². The molecule has 0 atom stereocenters. The summed E-state index contributed by atoms with van der Waals surface area (Å²) in [5, 5.41) is 0. The van der Waals surface area contributed by atoms with Crippen LogP contribution in [0, 0.1) is 0 Å². The normalized spacial score (nSPS) is 0. The van der Waals surface area contributed by atoms with E-state index in [4.69, 9.17) is 0 Å². The second-order valence-corrected chi connectivity index (χ2v) is 0. The van der Waals surface area contributed by atoms with Crippen molar-refractivity contribution in [2.45, 2.75) is 0 Å². The molecule has 6 heteroatoms. The van der Waals surface area contributed by atoms with Crippen molar-refractivity contribution in [3.63, 3.8) is 0 Å². The van der Waals surface area contributed by atoms with Crippen molar-refractivity contribution in [1.82, 2.24) is 0 Å². The van der Waals surface area contributed by atoms with Crippen molar-refractivity contribution < 1.29 is 77.8 Å². The summed E-state index contributed by atoms with van der Waals surface area (Å²) >= 11 is 0. The maximum absolute atomic E-state index is 0. The Morgan fingerprint density at radius 3 is 0.667 bits per heavy atom. The number of hydrogen-bond acceptors (Lipinski definition) is 0. The first-order valence-electron chi connectivity index (χ1n) is 0. The minimum Gasteiger partial charge on any atom is -2.00 e. The van der Waals surface area contributed by atoms with Crippen LogP contribution in [0.5, 0.6) is 0 Å². The molecule has 0 aromatic rings. The van der Waals surface area contributed by atoms with Crippen LogP contribution in [0.2, 0.25) is 0 Å². The summed E-state index contributed by atoms with van der Waals surface area (Å²) in [6.07, 6.45) is 0. The molecule has 0 saturated heterocycles. The van der Waals surface area contributed by atoms with Crippen LogP contribution in [-0.2, 0) is 77.8 Å². The molecular formula is O3TiVW. The van der Waals surface area contributed by atoms with Crippen molar-refractivity contribution in [3.8, 4) is 0 Å². The van der Waals surface area contributed by atoms with E-state index in [1.807, 2.05) is 0 Å². The summed E-state index contributed by atoms with van der Waals surface area (Å²) in [6, 6.07) is 0. The molecule has 0 fully saturated rings. The Labute approximate surface area is 77.2 Å². The van der Waals surface area contributed by atoms with E-state index in [9.17, 15) is 0 Å². The summed E-state index contributed by atoms with van der Waals surface area (Å²) in [7, 11) is 0. The first-order chi connectivity index (χ1) is 0. The van der Waals surface area contributed by atoms with Gasteiger partial charge in [0.25, 0.3) is 0 Å². The molecule has 0 rings (SSSR count). The molecule has 0 spiro atoms. The van der Waals surface area contributed by atoms with Gasteiger partial charge in [0.2, 0.25) is 0 Å². The summed E-state index contributed by atoms with van der Waals surface area (Å²) in [5.41, 5.74) is 0.